The van der Waals surface area contributed by atoms with Crippen LogP contribution in [-0.2, 0) is 4.79 Å². The fourth-order valence-corrected chi connectivity index (χ4v) is 3.77. The number of nitrogens with one attached hydrogen (secondary N) is 2. The van der Waals surface area contributed by atoms with Gasteiger partial charge in [-0.25, -0.2) is 0 Å². The summed E-state index contributed by atoms with van der Waals surface area (Å²) in [5, 5.41) is 18.4. The quantitative estimate of drug-likeness (QED) is 0.407. The first-order chi connectivity index (χ1) is 15.6. The van der Waals surface area contributed by atoms with Gasteiger partial charge in [0.05, 0.1) is 6.04 Å². The molecule has 0 radical (unpaired) electrons. The van der Waals surface area contributed by atoms with Crippen LogP contribution >= 0.6 is 0 Å². The topological polar surface area (TPSA) is 78.4 Å². The predicted octanol–water partition coefficient (Wildman–Crippen LogP) is 4.57. The largest absolute Gasteiger partial charge is 0.508 e. The van der Waals surface area contributed by atoms with Crippen LogP contribution in [0.3, 0.4) is 0 Å². The summed E-state index contributed by atoms with van der Waals surface area (Å²) in [6.07, 6.45) is 0.118. The normalized spacial score (nSPS) is 11.6. The molecule has 4 rings (SSSR count). The van der Waals surface area contributed by atoms with E-state index in [-0.39, 0.29) is 30.5 Å². The van der Waals surface area contributed by atoms with E-state index in [2.05, 4.69) is 10.6 Å². The van der Waals surface area contributed by atoms with Crippen LogP contribution in [0.15, 0.2) is 97.1 Å². The Bertz CT molecular complexity index is 1220. The van der Waals surface area contributed by atoms with E-state index in [0.717, 1.165) is 16.3 Å². The molecular formula is C27H24N2O3. The van der Waals surface area contributed by atoms with Crippen LogP contribution in [0.1, 0.15) is 33.9 Å². The lowest BCUT2D eigenvalue weighted by Crippen LogP contribution is -2.33. The Kier molecular flexibility index (Phi) is 6.46. The Morgan fingerprint density at radius 2 is 1.44 bits per heavy atom. The van der Waals surface area contributed by atoms with Gasteiger partial charge in [-0.3, -0.25) is 9.59 Å². The summed E-state index contributed by atoms with van der Waals surface area (Å²) in [7, 11) is 0. The van der Waals surface area contributed by atoms with Gasteiger partial charge in [-0.2, -0.15) is 0 Å². The van der Waals surface area contributed by atoms with Crippen LogP contribution in [-0.4, -0.2) is 23.5 Å². The third-order valence-corrected chi connectivity index (χ3v) is 5.35. The molecule has 160 valence electrons. The summed E-state index contributed by atoms with van der Waals surface area (Å²) in [6.45, 7) is 0.211. The maximum atomic E-state index is 12.8. The van der Waals surface area contributed by atoms with Gasteiger partial charge >= 0.3 is 0 Å². The van der Waals surface area contributed by atoms with Crippen molar-refractivity contribution < 1.29 is 14.7 Å². The van der Waals surface area contributed by atoms with Gasteiger partial charge < -0.3 is 15.7 Å². The van der Waals surface area contributed by atoms with Crippen molar-refractivity contribution in [2.75, 3.05) is 6.54 Å². The first kappa shape index (κ1) is 21.1. The molecule has 4 aromatic carbocycles. The van der Waals surface area contributed by atoms with E-state index < -0.39 is 6.04 Å². The van der Waals surface area contributed by atoms with Crippen molar-refractivity contribution in [2.24, 2.45) is 0 Å². The molecule has 5 heteroatoms. The van der Waals surface area contributed by atoms with Gasteiger partial charge in [0.2, 0.25) is 5.91 Å². The SMILES string of the molecule is O=C(CCNC(=O)c1ccccc1)NC(c1ccccc1)c1c(O)ccc2ccccc12. The summed E-state index contributed by atoms with van der Waals surface area (Å²) in [5.41, 5.74) is 2.06. The van der Waals surface area contributed by atoms with Gasteiger partial charge in [0.25, 0.3) is 5.91 Å². The number of carbonyl (C=O) groups is 2. The van der Waals surface area contributed by atoms with Crippen LogP contribution in [0.4, 0.5) is 0 Å². The van der Waals surface area contributed by atoms with Crippen LogP contribution in [0.25, 0.3) is 10.8 Å². The lowest BCUT2D eigenvalue weighted by atomic mass is 9.92. The smallest absolute Gasteiger partial charge is 0.251 e. The highest BCUT2D eigenvalue weighted by Gasteiger charge is 2.22. The molecule has 0 aliphatic heterocycles. The van der Waals surface area contributed by atoms with Crippen LogP contribution in [0, 0.1) is 0 Å². The third kappa shape index (κ3) is 4.78. The van der Waals surface area contributed by atoms with Crippen LogP contribution < -0.4 is 10.6 Å². The average Bonchev–Trinajstić information content (AvgIpc) is 2.84. The lowest BCUT2D eigenvalue weighted by molar-refractivity contribution is -0.121. The number of hydrogen-bond acceptors (Lipinski definition) is 3. The number of phenols is 1. The molecule has 5 nitrogen and oxygen atoms in total. The van der Waals surface area contributed by atoms with E-state index in [0.29, 0.717) is 11.1 Å². The number of hydrogen-bond donors (Lipinski definition) is 3. The molecule has 1 unspecified atom stereocenters. The number of phenolic OH excluding ortho intramolecular Hbond substituents is 1. The standard InChI is InChI=1S/C27H24N2O3/c30-23-16-15-19-9-7-8-14-22(19)25(23)26(20-10-3-1-4-11-20)29-24(31)17-18-28-27(32)21-12-5-2-6-13-21/h1-16,26,30H,17-18H2,(H,28,32)(H,29,31). The first-order valence-electron chi connectivity index (χ1n) is 10.5. The molecule has 0 saturated heterocycles. The highest BCUT2D eigenvalue weighted by molar-refractivity contribution is 5.94. The van der Waals surface area contributed by atoms with E-state index in [4.69, 9.17) is 0 Å². The Hall–Kier alpha value is -4.12. The molecule has 2 amide bonds. The molecule has 32 heavy (non-hydrogen) atoms. The van der Waals surface area contributed by atoms with Gasteiger partial charge in [-0.05, 0) is 34.5 Å². The molecule has 3 N–H and O–H groups in total. The molecule has 0 aliphatic carbocycles. The number of benzene rings is 4. The Morgan fingerprint density at radius 3 is 2.19 bits per heavy atom. The second kappa shape index (κ2) is 9.79. The molecule has 0 aliphatic rings. The molecule has 1 atom stereocenters. The van der Waals surface area contributed by atoms with Gasteiger partial charge in [0, 0.05) is 24.1 Å². The van der Waals surface area contributed by atoms with Crippen molar-refractivity contribution in [1.82, 2.24) is 10.6 Å². The predicted molar refractivity (Wildman–Crippen MR) is 125 cm³/mol. The van der Waals surface area contributed by atoms with Gasteiger partial charge in [-0.1, -0.05) is 78.9 Å². The van der Waals surface area contributed by atoms with Crippen LogP contribution in [0.5, 0.6) is 5.75 Å². The van der Waals surface area contributed by atoms with Gasteiger partial charge in [-0.15, -0.1) is 0 Å². The van der Waals surface area contributed by atoms with E-state index in [1.807, 2.05) is 66.7 Å². The Labute approximate surface area is 186 Å². The molecular weight excluding hydrogens is 400 g/mol. The second-order valence-corrected chi connectivity index (χ2v) is 7.50. The zero-order chi connectivity index (χ0) is 22.3. The fraction of sp³-hybridized carbons (Fsp3) is 0.111. The zero-order valence-electron chi connectivity index (χ0n) is 17.5. The molecule has 0 saturated carbocycles. The monoisotopic (exact) mass is 424 g/mol. The average molecular weight is 425 g/mol. The maximum Gasteiger partial charge on any atom is 0.251 e. The third-order valence-electron chi connectivity index (χ3n) is 5.35. The minimum atomic E-state index is -0.528. The number of carbonyl (C=O) groups excluding carboxylic acids is 2. The Morgan fingerprint density at radius 1 is 0.781 bits per heavy atom. The molecule has 0 heterocycles. The summed E-state index contributed by atoms with van der Waals surface area (Å²) < 4.78 is 0. The Balaban J connectivity index is 1.53. The van der Waals surface area contributed by atoms with Crippen molar-refractivity contribution >= 4 is 22.6 Å². The van der Waals surface area contributed by atoms with Crippen molar-refractivity contribution in [3.63, 3.8) is 0 Å². The number of fused-ring (bicyclic) bond motifs is 1. The maximum absolute atomic E-state index is 12.8. The number of amides is 2. The van der Waals surface area contributed by atoms with Crippen LogP contribution in [0.2, 0.25) is 0 Å². The molecule has 0 fully saturated rings. The zero-order valence-corrected chi connectivity index (χ0v) is 17.5. The molecule has 0 spiro atoms. The molecule has 0 aromatic heterocycles. The highest BCUT2D eigenvalue weighted by atomic mass is 16.3. The van der Waals surface area contributed by atoms with E-state index in [1.54, 1.807) is 30.3 Å². The minimum absolute atomic E-state index is 0.118. The first-order valence-corrected chi connectivity index (χ1v) is 10.5. The summed E-state index contributed by atoms with van der Waals surface area (Å²) in [6, 6.07) is 29.2. The fourth-order valence-electron chi connectivity index (χ4n) is 3.77. The summed E-state index contributed by atoms with van der Waals surface area (Å²) >= 11 is 0. The van der Waals surface area contributed by atoms with Gasteiger partial charge in [0.1, 0.15) is 5.75 Å². The molecule has 0 bridgehead atoms. The lowest BCUT2D eigenvalue weighted by Gasteiger charge is -2.22. The van der Waals surface area contributed by atoms with Crippen molar-refractivity contribution in [2.45, 2.75) is 12.5 Å². The van der Waals surface area contributed by atoms with Crippen molar-refractivity contribution in [3.05, 3.63) is 114 Å². The summed E-state index contributed by atoms with van der Waals surface area (Å²) in [5.74, 6) is -0.320. The van der Waals surface area contributed by atoms with Gasteiger partial charge in [0.15, 0.2) is 0 Å². The number of aromatic hydroxyl groups is 1. The molecule has 4 aromatic rings. The van der Waals surface area contributed by atoms with E-state index in [9.17, 15) is 14.7 Å². The highest BCUT2D eigenvalue weighted by Crippen LogP contribution is 2.35. The summed E-state index contributed by atoms with van der Waals surface area (Å²) in [4.78, 5) is 25.0. The van der Waals surface area contributed by atoms with E-state index in [1.165, 1.54) is 0 Å². The second-order valence-electron chi connectivity index (χ2n) is 7.50. The minimum Gasteiger partial charge on any atom is -0.508 e. The van der Waals surface area contributed by atoms with Crippen molar-refractivity contribution in [1.29, 1.82) is 0 Å². The van der Waals surface area contributed by atoms with Crippen molar-refractivity contribution in [3.8, 4) is 5.75 Å². The van der Waals surface area contributed by atoms with E-state index >= 15 is 0 Å². The number of rotatable bonds is 7.